The van der Waals surface area contributed by atoms with E-state index in [1.165, 1.54) is 7.11 Å². The molecule has 3 heteroatoms. The van der Waals surface area contributed by atoms with Crippen LogP contribution in [0.3, 0.4) is 0 Å². The molecular formula is C12H16O3. The highest BCUT2D eigenvalue weighted by Gasteiger charge is 2.12. The maximum atomic E-state index is 11.1. The van der Waals surface area contributed by atoms with Crippen molar-refractivity contribution in [2.24, 2.45) is 5.92 Å². The molecule has 0 heterocycles. The molecule has 0 amide bonds. The number of ether oxygens (including phenoxy) is 2. The Balaban J connectivity index is 2.25. The Morgan fingerprint density at radius 2 is 2.00 bits per heavy atom. The van der Waals surface area contributed by atoms with E-state index >= 15 is 0 Å². The first-order valence-electron chi connectivity index (χ1n) is 4.93. The van der Waals surface area contributed by atoms with Gasteiger partial charge in [-0.1, -0.05) is 30.3 Å². The Bertz CT molecular complexity index is 295. The minimum Gasteiger partial charge on any atom is -0.469 e. The first-order chi connectivity index (χ1) is 7.24. The van der Waals surface area contributed by atoms with Crippen molar-refractivity contribution in [3.63, 3.8) is 0 Å². The van der Waals surface area contributed by atoms with E-state index in [2.05, 4.69) is 4.74 Å². The molecule has 1 aromatic rings. The third kappa shape index (κ3) is 4.13. The second kappa shape index (κ2) is 6.19. The highest BCUT2D eigenvalue weighted by molar-refractivity contribution is 5.71. The van der Waals surface area contributed by atoms with E-state index in [-0.39, 0.29) is 11.9 Å². The lowest BCUT2D eigenvalue weighted by Crippen LogP contribution is -2.18. The van der Waals surface area contributed by atoms with Crippen LogP contribution >= 0.6 is 0 Å². The number of carbonyl (C=O) groups excluding carboxylic acids is 1. The zero-order valence-electron chi connectivity index (χ0n) is 9.10. The molecule has 1 rings (SSSR count). The van der Waals surface area contributed by atoms with Gasteiger partial charge < -0.3 is 9.47 Å². The number of esters is 1. The van der Waals surface area contributed by atoms with Gasteiger partial charge in [0.15, 0.2) is 0 Å². The van der Waals surface area contributed by atoms with Gasteiger partial charge in [0.1, 0.15) is 0 Å². The van der Waals surface area contributed by atoms with Crippen molar-refractivity contribution in [3.8, 4) is 0 Å². The number of hydrogen-bond donors (Lipinski definition) is 0. The minimum absolute atomic E-state index is 0.210. The van der Waals surface area contributed by atoms with Gasteiger partial charge >= 0.3 is 5.97 Å². The molecule has 0 unspecified atom stereocenters. The molecule has 0 saturated carbocycles. The van der Waals surface area contributed by atoms with Crippen molar-refractivity contribution in [1.82, 2.24) is 0 Å². The van der Waals surface area contributed by atoms with E-state index in [0.717, 1.165) is 5.56 Å². The fraction of sp³-hybridized carbons (Fsp3) is 0.417. The number of methoxy groups -OCH3 is 1. The number of benzene rings is 1. The summed E-state index contributed by atoms with van der Waals surface area (Å²) in [7, 11) is 1.38. The minimum atomic E-state index is -0.233. The monoisotopic (exact) mass is 208 g/mol. The van der Waals surface area contributed by atoms with Gasteiger partial charge in [-0.15, -0.1) is 0 Å². The second-order valence-corrected chi connectivity index (χ2v) is 3.42. The Hall–Kier alpha value is -1.35. The molecule has 0 aliphatic heterocycles. The number of rotatable bonds is 5. The normalized spacial score (nSPS) is 12.1. The van der Waals surface area contributed by atoms with E-state index in [1.54, 1.807) is 6.92 Å². The third-order valence-electron chi connectivity index (χ3n) is 2.08. The SMILES string of the molecule is COC(=O)[C@@H](C)COCc1ccccc1. The Kier molecular flexibility index (Phi) is 4.84. The molecule has 0 saturated heterocycles. The van der Waals surface area contributed by atoms with Crippen LogP contribution in [0.2, 0.25) is 0 Å². The van der Waals surface area contributed by atoms with Crippen molar-refractivity contribution < 1.29 is 14.3 Å². The Labute approximate surface area is 90.0 Å². The fourth-order valence-electron chi connectivity index (χ4n) is 1.20. The maximum Gasteiger partial charge on any atom is 0.310 e. The van der Waals surface area contributed by atoms with E-state index in [9.17, 15) is 4.79 Å². The van der Waals surface area contributed by atoms with Crippen LogP contribution in [0, 0.1) is 5.92 Å². The molecule has 1 atom stereocenters. The molecule has 0 bridgehead atoms. The zero-order valence-corrected chi connectivity index (χ0v) is 9.10. The van der Waals surface area contributed by atoms with Crippen molar-refractivity contribution in [3.05, 3.63) is 35.9 Å². The molecule has 0 radical (unpaired) electrons. The smallest absolute Gasteiger partial charge is 0.310 e. The van der Waals surface area contributed by atoms with Gasteiger partial charge in [0.05, 0.1) is 26.2 Å². The zero-order chi connectivity index (χ0) is 11.1. The van der Waals surface area contributed by atoms with Crippen molar-refractivity contribution in [2.75, 3.05) is 13.7 Å². The standard InChI is InChI=1S/C12H16O3/c1-10(12(13)14-2)8-15-9-11-6-4-3-5-7-11/h3-7,10H,8-9H2,1-2H3/t10-/m0/s1. The van der Waals surface area contributed by atoms with Crippen LogP contribution < -0.4 is 0 Å². The van der Waals surface area contributed by atoms with E-state index in [0.29, 0.717) is 13.2 Å². The summed E-state index contributed by atoms with van der Waals surface area (Å²) < 4.78 is 10.00. The molecule has 0 spiro atoms. The van der Waals surface area contributed by atoms with Crippen LogP contribution in [-0.4, -0.2) is 19.7 Å². The lowest BCUT2D eigenvalue weighted by atomic mass is 10.2. The maximum absolute atomic E-state index is 11.1. The fourth-order valence-corrected chi connectivity index (χ4v) is 1.20. The van der Waals surface area contributed by atoms with Crippen molar-refractivity contribution >= 4 is 5.97 Å². The summed E-state index contributed by atoms with van der Waals surface area (Å²) in [6.07, 6.45) is 0. The van der Waals surface area contributed by atoms with Crippen LogP contribution in [0.4, 0.5) is 0 Å². The van der Waals surface area contributed by atoms with Crippen LogP contribution in [0.1, 0.15) is 12.5 Å². The van der Waals surface area contributed by atoms with Crippen LogP contribution in [-0.2, 0) is 20.9 Å². The largest absolute Gasteiger partial charge is 0.469 e. The molecule has 82 valence electrons. The summed E-state index contributed by atoms with van der Waals surface area (Å²) in [6, 6.07) is 9.86. The molecule has 0 fully saturated rings. The number of hydrogen-bond acceptors (Lipinski definition) is 3. The summed E-state index contributed by atoms with van der Waals surface area (Å²) in [5, 5.41) is 0. The highest BCUT2D eigenvalue weighted by Crippen LogP contribution is 2.04. The van der Waals surface area contributed by atoms with Crippen LogP contribution in [0.25, 0.3) is 0 Å². The van der Waals surface area contributed by atoms with Gasteiger partial charge in [-0.2, -0.15) is 0 Å². The molecule has 15 heavy (non-hydrogen) atoms. The van der Waals surface area contributed by atoms with Gasteiger partial charge in [0.2, 0.25) is 0 Å². The van der Waals surface area contributed by atoms with Gasteiger partial charge in [0.25, 0.3) is 0 Å². The first kappa shape index (κ1) is 11.7. The Morgan fingerprint density at radius 1 is 1.33 bits per heavy atom. The summed E-state index contributed by atoms with van der Waals surface area (Å²) in [4.78, 5) is 11.1. The molecule has 0 aliphatic carbocycles. The highest BCUT2D eigenvalue weighted by atomic mass is 16.5. The first-order valence-corrected chi connectivity index (χ1v) is 4.93. The second-order valence-electron chi connectivity index (χ2n) is 3.42. The van der Waals surface area contributed by atoms with Gasteiger partial charge in [-0.05, 0) is 12.5 Å². The average molecular weight is 208 g/mol. The van der Waals surface area contributed by atoms with Crippen molar-refractivity contribution in [1.29, 1.82) is 0 Å². The number of carbonyl (C=O) groups is 1. The van der Waals surface area contributed by atoms with E-state index in [4.69, 9.17) is 4.74 Å². The third-order valence-corrected chi connectivity index (χ3v) is 2.08. The van der Waals surface area contributed by atoms with Gasteiger partial charge in [0, 0.05) is 0 Å². The Morgan fingerprint density at radius 3 is 2.60 bits per heavy atom. The predicted octanol–water partition coefficient (Wildman–Crippen LogP) is 2.01. The quantitative estimate of drug-likeness (QED) is 0.694. The molecule has 3 nitrogen and oxygen atoms in total. The average Bonchev–Trinajstić information content (AvgIpc) is 2.29. The topological polar surface area (TPSA) is 35.5 Å². The van der Waals surface area contributed by atoms with Crippen LogP contribution in [0.15, 0.2) is 30.3 Å². The van der Waals surface area contributed by atoms with Gasteiger partial charge in [-0.3, -0.25) is 4.79 Å². The van der Waals surface area contributed by atoms with Crippen LogP contribution in [0.5, 0.6) is 0 Å². The van der Waals surface area contributed by atoms with Crippen molar-refractivity contribution in [2.45, 2.75) is 13.5 Å². The molecular weight excluding hydrogens is 192 g/mol. The molecule has 0 aliphatic rings. The van der Waals surface area contributed by atoms with Gasteiger partial charge in [-0.25, -0.2) is 0 Å². The summed E-state index contributed by atoms with van der Waals surface area (Å²) in [5.74, 6) is -0.443. The lowest BCUT2D eigenvalue weighted by molar-refractivity contribution is -0.147. The molecule has 0 N–H and O–H groups in total. The predicted molar refractivity (Wildman–Crippen MR) is 57.3 cm³/mol. The summed E-state index contributed by atoms with van der Waals surface area (Å²) in [5.41, 5.74) is 1.11. The summed E-state index contributed by atoms with van der Waals surface area (Å²) in [6.45, 7) is 2.71. The van der Waals surface area contributed by atoms with E-state index in [1.807, 2.05) is 30.3 Å². The molecule has 0 aromatic heterocycles. The molecule has 1 aromatic carbocycles. The van der Waals surface area contributed by atoms with E-state index < -0.39 is 0 Å². The summed E-state index contributed by atoms with van der Waals surface area (Å²) >= 11 is 0. The lowest BCUT2D eigenvalue weighted by Gasteiger charge is -2.09.